The number of benzene rings is 1. The average molecular weight is 465 g/mol. The van der Waals surface area contributed by atoms with Gasteiger partial charge in [-0.25, -0.2) is 14.5 Å². The molecule has 1 aliphatic rings. The van der Waals surface area contributed by atoms with Gasteiger partial charge in [-0.3, -0.25) is 4.98 Å². The molecule has 4 aromatic heterocycles. The van der Waals surface area contributed by atoms with Crippen LogP contribution in [-0.4, -0.2) is 31.7 Å². The number of nitrogens with zero attached hydrogens (tertiary/aromatic N) is 6. The van der Waals surface area contributed by atoms with Crippen molar-refractivity contribution in [2.24, 2.45) is 0 Å². The molecule has 0 saturated heterocycles. The molecule has 0 saturated carbocycles. The fraction of sp³-hybridized carbons (Fsp3) is 0.214. The number of pyridine rings is 2. The molecule has 0 atom stereocenters. The molecule has 0 radical (unpaired) electrons. The third-order valence-corrected chi connectivity index (χ3v) is 6.05. The Morgan fingerprint density at radius 1 is 0.914 bits per heavy atom. The van der Waals surface area contributed by atoms with Crippen LogP contribution in [0.4, 0.5) is 5.82 Å². The minimum absolute atomic E-state index is 0.605. The summed E-state index contributed by atoms with van der Waals surface area (Å²) in [4.78, 5) is 16.4. The number of methoxy groups -OCH3 is 1. The molecule has 0 N–H and O–H groups in total. The Hall–Kier alpha value is -4.26. The smallest absolute Gasteiger partial charge is 0.215 e. The van der Waals surface area contributed by atoms with E-state index in [2.05, 4.69) is 51.3 Å². The molecule has 0 aliphatic carbocycles. The minimum atomic E-state index is 0.605. The van der Waals surface area contributed by atoms with Gasteiger partial charge in [-0.1, -0.05) is 50.2 Å². The Balaban J connectivity index is 0.00000124. The van der Waals surface area contributed by atoms with Crippen molar-refractivity contribution in [1.82, 2.24) is 24.6 Å². The van der Waals surface area contributed by atoms with E-state index in [0.717, 1.165) is 45.8 Å². The number of ether oxygens (including phenoxy) is 1. The maximum atomic E-state index is 5.33. The quantitative estimate of drug-likeness (QED) is 0.339. The number of aromatic nitrogens is 5. The van der Waals surface area contributed by atoms with Crippen molar-refractivity contribution in [1.29, 1.82) is 0 Å². The molecule has 176 valence electrons. The fourth-order valence-electron chi connectivity index (χ4n) is 4.45. The van der Waals surface area contributed by atoms with Gasteiger partial charge in [0.05, 0.1) is 19.3 Å². The summed E-state index contributed by atoms with van der Waals surface area (Å²) in [6, 6.07) is 18.6. The Morgan fingerprint density at radius 2 is 1.74 bits per heavy atom. The Bertz CT molecular complexity index is 1450. The predicted octanol–water partition coefficient (Wildman–Crippen LogP) is 5.72. The second-order valence-corrected chi connectivity index (χ2v) is 8.16. The lowest BCUT2D eigenvalue weighted by molar-refractivity contribution is 0.394. The summed E-state index contributed by atoms with van der Waals surface area (Å²) >= 11 is 0. The lowest BCUT2D eigenvalue weighted by atomic mass is 10.1. The topological polar surface area (TPSA) is 68.4 Å². The number of anilines is 1. The zero-order valence-corrected chi connectivity index (χ0v) is 20.4. The molecule has 5 aromatic rings. The van der Waals surface area contributed by atoms with E-state index < -0.39 is 0 Å². The maximum absolute atomic E-state index is 5.33. The van der Waals surface area contributed by atoms with E-state index in [4.69, 9.17) is 14.8 Å². The van der Waals surface area contributed by atoms with Crippen molar-refractivity contribution in [2.75, 3.05) is 12.0 Å². The van der Waals surface area contributed by atoms with Crippen LogP contribution in [0.5, 0.6) is 5.88 Å². The highest BCUT2D eigenvalue weighted by atomic mass is 16.5. The summed E-state index contributed by atoms with van der Waals surface area (Å²) in [5.74, 6) is 2.11. The average Bonchev–Trinajstić information content (AvgIpc) is 3.54. The zero-order valence-electron chi connectivity index (χ0n) is 20.4. The van der Waals surface area contributed by atoms with Crippen molar-refractivity contribution in [3.8, 4) is 28.4 Å². The van der Waals surface area contributed by atoms with E-state index in [9.17, 15) is 0 Å². The van der Waals surface area contributed by atoms with Crippen LogP contribution in [-0.2, 0) is 13.1 Å². The number of aryl methyl sites for hydroxylation is 1. The lowest BCUT2D eigenvalue weighted by Crippen LogP contribution is -2.18. The Labute approximate surface area is 205 Å². The highest BCUT2D eigenvalue weighted by Crippen LogP contribution is 2.36. The monoisotopic (exact) mass is 464 g/mol. The van der Waals surface area contributed by atoms with Crippen LogP contribution in [0.3, 0.4) is 0 Å². The predicted molar refractivity (Wildman–Crippen MR) is 138 cm³/mol. The first-order valence-corrected chi connectivity index (χ1v) is 11.8. The minimum Gasteiger partial charge on any atom is -0.481 e. The van der Waals surface area contributed by atoms with Crippen LogP contribution < -0.4 is 9.64 Å². The number of hydrogen-bond donors (Lipinski definition) is 0. The molecule has 5 heterocycles. The highest BCUT2D eigenvalue weighted by Gasteiger charge is 2.26. The van der Waals surface area contributed by atoms with E-state index in [0.29, 0.717) is 18.2 Å². The fourth-order valence-corrected chi connectivity index (χ4v) is 4.45. The molecular weight excluding hydrogens is 436 g/mol. The largest absolute Gasteiger partial charge is 0.481 e. The summed E-state index contributed by atoms with van der Waals surface area (Å²) in [6.07, 6.45) is 5.61. The molecule has 0 fully saturated rings. The highest BCUT2D eigenvalue weighted by molar-refractivity contribution is 5.89. The van der Waals surface area contributed by atoms with Gasteiger partial charge in [0.25, 0.3) is 0 Å². The van der Waals surface area contributed by atoms with Gasteiger partial charge in [-0.15, -0.1) is 5.10 Å². The van der Waals surface area contributed by atoms with Gasteiger partial charge in [-0.2, -0.15) is 0 Å². The molecule has 1 aliphatic heterocycles. The summed E-state index contributed by atoms with van der Waals surface area (Å²) in [7, 11) is 1.62. The molecular formula is C28H28N6O. The van der Waals surface area contributed by atoms with Gasteiger partial charge in [0.15, 0.2) is 11.6 Å². The van der Waals surface area contributed by atoms with Crippen LogP contribution in [0.1, 0.15) is 30.7 Å². The molecule has 1 aromatic carbocycles. The molecule has 7 heteroatoms. The first kappa shape index (κ1) is 22.5. The normalized spacial score (nSPS) is 12.3. The van der Waals surface area contributed by atoms with E-state index in [1.807, 2.05) is 55.9 Å². The van der Waals surface area contributed by atoms with Crippen molar-refractivity contribution in [3.05, 3.63) is 90.0 Å². The number of hydrogen-bond acceptors (Lipinski definition) is 6. The summed E-state index contributed by atoms with van der Waals surface area (Å²) < 4.78 is 7.25. The van der Waals surface area contributed by atoms with E-state index in [1.165, 1.54) is 5.56 Å². The third kappa shape index (κ3) is 4.10. The van der Waals surface area contributed by atoms with Crippen LogP contribution in [0.25, 0.3) is 28.0 Å². The molecule has 0 spiro atoms. The standard InChI is InChI=1S/C26H22N6O.C2H6/c1-17-13-20(14-28-26(17)33-2)24-29-25(31-15-19-9-6-11-27-22(19)16-31)23-21(10-12-32(23)30-24)18-7-4-3-5-8-18;1-2/h3-14H,15-16H2,1-2H3;1-2H3. The maximum Gasteiger partial charge on any atom is 0.215 e. The van der Waals surface area contributed by atoms with Gasteiger partial charge >= 0.3 is 0 Å². The number of rotatable bonds is 4. The molecule has 0 amide bonds. The van der Waals surface area contributed by atoms with E-state index in [1.54, 1.807) is 13.3 Å². The molecule has 7 nitrogen and oxygen atoms in total. The van der Waals surface area contributed by atoms with Gasteiger partial charge in [0.2, 0.25) is 5.88 Å². The van der Waals surface area contributed by atoms with Crippen LogP contribution in [0.2, 0.25) is 0 Å². The van der Waals surface area contributed by atoms with Gasteiger partial charge < -0.3 is 9.64 Å². The molecule has 0 unspecified atom stereocenters. The molecule has 0 bridgehead atoms. The van der Waals surface area contributed by atoms with Gasteiger partial charge in [-0.05, 0) is 36.2 Å². The lowest BCUT2D eigenvalue weighted by Gasteiger charge is -2.19. The Morgan fingerprint density at radius 3 is 2.49 bits per heavy atom. The van der Waals surface area contributed by atoms with Crippen molar-refractivity contribution < 1.29 is 4.74 Å². The van der Waals surface area contributed by atoms with Gasteiger partial charge in [0, 0.05) is 41.8 Å². The van der Waals surface area contributed by atoms with Crippen LogP contribution in [0, 0.1) is 6.92 Å². The number of fused-ring (bicyclic) bond motifs is 2. The SMILES string of the molecule is CC.COc1ncc(-c2nc(N3Cc4cccnc4C3)c3c(-c4ccccc4)ccn3n2)cc1C. The Kier molecular flexibility index (Phi) is 6.14. The summed E-state index contributed by atoms with van der Waals surface area (Å²) in [5, 5.41) is 4.85. The van der Waals surface area contributed by atoms with Crippen molar-refractivity contribution >= 4 is 11.3 Å². The van der Waals surface area contributed by atoms with E-state index in [-0.39, 0.29) is 0 Å². The second kappa shape index (κ2) is 9.54. The van der Waals surface area contributed by atoms with Crippen LogP contribution in [0.15, 0.2) is 73.2 Å². The van der Waals surface area contributed by atoms with Gasteiger partial charge in [0.1, 0.15) is 5.52 Å². The molecule has 6 rings (SSSR count). The van der Waals surface area contributed by atoms with Crippen molar-refractivity contribution in [2.45, 2.75) is 33.9 Å². The summed E-state index contributed by atoms with van der Waals surface area (Å²) in [5.41, 5.74) is 7.32. The summed E-state index contributed by atoms with van der Waals surface area (Å²) in [6.45, 7) is 7.44. The van der Waals surface area contributed by atoms with Crippen molar-refractivity contribution in [3.63, 3.8) is 0 Å². The third-order valence-electron chi connectivity index (χ3n) is 6.05. The first-order chi connectivity index (χ1) is 17.2. The second-order valence-electron chi connectivity index (χ2n) is 8.16. The zero-order chi connectivity index (χ0) is 24.4. The van der Waals surface area contributed by atoms with Crippen LogP contribution >= 0.6 is 0 Å². The molecule has 35 heavy (non-hydrogen) atoms. The van der Waals surface area contributed by atoms with E-state index >= 15 is 0 Å². The first-order valence-electron chi connectivity index (χ1n) is 11.8.